The van der Waals surface area contributed by atoms with Crippen LogP contribution in [0.2, 0.25) is 0 Å². The first kappa shape index (κ1) is 21.2. The monoisotopic (exact) mass is 412 g/mol. The molecule has 3 rings (SSSR count). The maximum atomic E-state index is 12.3. The minimum absolute atomic E-state index is 0.00192. The van der Waals surface area contributed by atoms with E-state index in [2.05, 4.69) is 5.32 Å². The van der Waals surface area contributed by atoms with Gasteiger partial charge in [0, 0.05) is 12.7 Å². The number of hydrogen-bond acceptors (Lipinski definition) is 6. The molecule has 2 aromatic carbocycles. The van der Waals surface area contributed by atoms with Crippen molar-refractivity contribution in [3.8, 4) is 11.5 Å². The number of amides is 2. The number of fused-ring (bicyclic) bond motifs is 1. The van der Waals surface area contributed by atoms with Crippen LogP contribution in [0.25, 0.3) is 0 Å². The molecule has 0 aromatic heterocycles. The predicted octanol–water partition coefficient (Wildman–Crippen LogP) is 2.08. The zero-order chi connectivity index (χ0) is 21.7. The lowest BCUT2D eigenvalue weighted by atomic mass is 10.1. The lowest BCUT2D eigenvalue weighted by molar-refractivity contribution is -0.159. The van der Waals surface area contributed by atoms with Crippen LogP contribution in [-0.2, 0) is 19.1 Å². The van der Waals surface area contributed by atoms with E-state index in [0.717, 1.165) is 16.8 Å². The number of carbonyl (C=O) groups is 3. The zero-order valence-electron chi connectivity index (χ0n) is 17.1. The second-order valence-electron chi connectivity index (χ2n) is 7.04. The number of likely N-dealkylation sites (N-methyl/N-ethyl adjacent to an activating group) is 1. The van der Waals surface area contributed by atoms with Crippen molar-refractivity contribution < 1.29 is 28.6 Å². The summed E-state index contributed by atoms with van der Waals surface area (Å²) in [6.07, 6.45) is -0.953. The van der Waals surface area contributed by atoms with Crippen molar-refractivity contribution in [2.45, 2.75) is 20.0 Å². The SMILES string of the molecule is Cc1cccc(C)c1NC(=O)CN(C)C(=O)COC(=O)C1COc2ccccc2O1. The van der Waals surface area contributed by atoms with Gasteiger partial charge in [0.2, 0.25) is 12.0 Å². The fourth-order valence-corrected chi connectivity index (χ4v) is 2.97. The second-order valence-corrected chi connectivity index (χ2v) is 7.04. The van der Waals surface area contributed by atoms with Crippen LogP contribution in [0.15, 0.2) is 42.5 Å². The van der Waals surface area contributed by atoms with Crippen molar-refractivity contribution in [3.63, 3.8) is 0 Å². The molecule has 0 radical (unpaired) electrons. The molecule has 0 saturated heterocycles. The summed E-state index contributed by atoms with van der Waals surface area (Å²) in [4.78, 5) is 37.9. The third-order valence-corrected chi connectivity index (χ3v) is 4.66. The number of ether oxygens (including phenoxy) is 3. The first-order valence-electron chi connectivity index (χ1n) is 9.50. The van der Waals surface area contributed by atoms with Crippen molar-refractivity contribution in [2.24, 2.45) is 0 Å². The van der Waals surface area contributed by atoms with Gasteiger partial charge >= 0.3 is 5.97 Å². The molecule has 0 saturated carbocycles. The highest BCUT2D eigenvalue weighted by molar-refractivity contribution is 5.96. The molecule has 1 unspecified atom stereocenters. The van der Waals surface area contributed by atoms with Gasteiger partial charge in [0.15, 0.2) is 18.1 Å². The molecule has 1 heterocycles. The molecule has 0 spiro atoms. The number of nitrogens with one attached hydrogen (secondary N) is 1. The highest BCUT2D eigenvalue weighted by atomic mass is 16.6. The van der Waals surface area contributed by atoms with E-state index in [1.54, 1.807) is 24.3 Å². The van der Waals surface area contributed by atoms with Gasteiger partial charge in [-0.05, 0) is 37.1 Å². The minimum atomic E-state index is -0.953. The van der Waals surface area contributed by atoms with Gasteiger partial charge in [-0.25, -0.2) is 4.79 Å². The second kappa shape index (κ2) is 9.30. The third-order valence-electron chi connectivity index (χ3n) is 4.66. The summed E-state index contributed by atoms with van der Waals surface area (Å²) in [5.74, 6) is -0.553. The van der Waals surface area contributed by atoms with Crippen LogP contribution in [0, 0.1) is 13.8 Å². The molecular weight excluding hydrogens is 388 g/mol. The Hall–Kier alpha value is -3.55. The minimum Gasteiger partial charge on any atom is -0.485 e. The zero-order valence-corrected chi connectivity index (χ0v) is 17.1. The summed E-state index contributed by atoms with van der Waals surface area (Å²) < 4.78 is 16.1. The van der Waals surface area contributed by atoms with Crippen molar-refractivity contribution in [1.82, 2.24) is 4.90 Å². The van der Waals surface area contributed by atoms with Gasteiger partial charge in [0.1, 0.15) is 6.61 Å². The van der Waals surface area contributed by atoms with Gasteiger partial charge in [0.25, 0.3) is 5.91 Å². The molecule has 2 aromatic rings. The molecule has 0 bridgehead atoms. The van der Waals surface area contributed by atoms with Gasteiger partial charge in [0.05, 0.1) is 6.54 Å². The van der Waals surface area contributed by atoms with Gasteiger partial charge in [-0.1, -0.05) is 30.3 Å². The Morgan fingerprint density at radius 2 is 1.73 bits per heavy atom. The van der Waals surface area contributed by atoms with E-state index in [1.807, 2.05) is 32.0 Å². The molecule has 30 heavy (non-hydrogen) atoms. The summed E-state index contributed by atoms with van der Waals surface area (Å²) in [7, 11) is 1.47. The average Bonchev–Trinajstić information content (AvgIpc) is 2.74. The molecule has 158 valence electrons. The highest BCUT2D eigenvalue weighted by Gasteiger charge is 2.29. The van der Waals surface area contributed by atoms with Crippen LogP contribution in [-0.4, -0.2) is 55.6 Å². The van der Waals surface area contributed by atoms with E-state index < -0.39 is 24.6 Å². The van der Waals surface area contributed by atoms with Crippen LogP contribution >= 0.6 is 0 Å². The van der Waals surface area contributed by atoms with E-state index in [1.165, 1.54) is 11.9 Å². The average molecular weight is 412 g/mol. The number of hydrogen-bond donors (Lipinski definition) is 1. The van der Waals surface area contributed by atoms with Crippen LogP contribution in [0.3, 0.4) is 0 Å². The molecular formula is C22H24N2O6. The molecule has 1 atom stereocenters. The number of carbonyl (C=O) groups excluding carboxylic acids is 3. The number of para-hydroxylation sites is 3. The Morgan fingerprint density at radius 3 is 2.43 bits per heavy atom. The molecule has 1 aliphatic rings. The number of anilines is 1. The quantitative estimate of drug-likeness (QED) is 0.730. The standard InChI is InChI=1S/C22H24N2O6/c1-14-7-6-8-15(2)21(14)23-19(25)11-24(3)20(26)13-29-22(27)18-12-28-16-9-4-5-10-17(16)30-18/h4-10,18H,11-13H2,1-3H3,(H,23,25). The molecule has 0 aliphatic carbocycles. The molecule has 2 amide bonds. The normalized spacial score (nSPS) is 14.6. The first-order chi connectivity index (χ1) is 14.3. The Bertz CT molecular complexity index is 938. The van der Waals surface area contributed by atoms with Crippen LogP contribution in [0.5, 0.6) is 11.5 Å². The number of rotatable bonds is 6. The van der Waals surface area contributed by atoms with Gasteiger partial charge in [-0.15, -0.1) is 0 Å². The van der Waals surface area contributed by atoms with Crippen molar-refractivity contribution >= 4 is 23.5 Å². The molecule has 1 N–H and O–H groups in total. The smallest absolute Gasteiger partial charge is 0.351 e. The molecule has 1 aliphatic heterocycles. The fourth-order valence-electron chi connectivity index (χ4n) is 2.97. The van der Waals surface area contributed by atoms with E-state index in [4.69, 9.17) is 14.2 Å². The van der Waals surface area contributed by atoms with Gasteiger partial charge < -0.3 is 24.4 Å². The predicted molar refractivity (Wildman–Crippen MR) is 109 cm³/mol. The van der Waals surface area contributed by atoms with Gasteiger partial charge in [-0.2, -0.15) is 0 Å². The topological polar surface area (TPSA) is 94.2 Å². The largest absolute Gasteiger partial charge is 0.485 e. The maximum Gasteiger partial charge on any atom is 0.351 e. The Kier molecular flexibility index (Phi) is 6.56. The van der Waals surface area contributed by atoms with E-state index in [-0.39, 0.29) is 19.1 Å². The Morgan fingerprint density at radius 1 is 1.07 bits per heavy atom. The van der Waals surface area contributed by atoms with E-state index in [0.29, 0.717) is 11.5 Å². The number of aryl methyl sites for hydroxylation is 2. The lowest BCUT2D eigenvalue weighted by Crippen LogP contribution is -2.41. The molecule has 8 heteroatoms. The van der Waals surface area contributed by atoms with Crippen molar-refractivity contribution in [1.29, 1.82) is 0 Å². The van der Waals surface area contributed by atoms with Crippen LogP contribution < -0.4 is 14.8 Å². The van der Waals surface area contributed by atoms with Crippen molar-refractivity contribution in [3.05, 3.63) is 53.6 Å². The Balaban J connectivity index is 1.46. The fraction of sp³-hybridized carbons (Fsp3) is 0.318. The summed E-state index contributed by atoms with van der Waals surface area (Å²) in [6, 6.07) is 12.7. The first-order valence-corrected chi connectivity index (χ1v) is 9.50. The van der Waals surface area contributed by atoms with E-state index in [9.17, 15) is 14.4 Å². The molecule has 8 nitrogen and oxygen atoms in total. The third kappa shape index (κ3) is 5.08. The summed E-state index contributed by atoms with van der Waals surface area (Å²) in [5.41, 5.74) is 2.59. The number of esters is 1. The van der Waals surface area contributed by atoms with Crippen molar-refractivity contribution in [2.75, 3.05) is 32.1 Å². The number of nitrogens with zero attached hydrogens (tertiary/aromatic N) is 1. The summed E-state index contributed by atoms with van der Waals surface area (Å²) in [5, 5.41) is 2.81. The molecule has 0 fully saturated rings. The lowest BCUT2D eigenvalue weighted by Gasteiger charge is -2.25. The van der Waals surface area contributed by atoms with Gasteiger partial charge in [-0.3, -0.25) is 9.59 Å². The summed E-state index contributed by atoms with van der Waals surface area (Å²) in [6.45, 7) is 3.13. The number of benzene rings is 2. The Labute approximate surface area is 174 Å². The maximum absolute atomic E-state index is 12.3. The highest BCUT2D eigenvalue weighted by Crippen LogP contribution is 2.31. The van der Waals surface area contributed by atoms with E-state index >= 15 is 0 Å². The summed E-state index contributed by atoms with van der Waals surface area (Å²) >= 11 is 0. The van der Waals surface area contributed by atoms with Crippen LogP contribution in [0.4, 0.5) is 5.69 Å². The van der Waals surface area contributed by atoms with Crippen LogP contribution in [0.1, 0.15) is 11.1 Å².